The largest absolute Gasteiger partial charge is 0.454 e. The number of nitrogens with one attached hydrogen (secondary N) is 1. The minimum absolute atomic E-state index is 0.0113. The summed E-state index contributed by atoms with van der Waals surface area (Å²) < 4.78 is 12.0. The van der Waals surface area contributed by atoms with E-state index in [0.717, 1.165) is 0 Å². The Morgan fingerprint density at radius 1 is 1.35 bits per heavy atom. The van der Waals surface area contributed by atoms with Crippen LogP contribution in [0.2, 0.25) is 0 Å². The van der Waals surface area contributed by atoms with Crippen LogP contribution in [0.25, 0.3) is 16.8 Å². The van der Waals surface area contributed by atoms with Gasteiger partial charge in [0.1, 0.15) is 4.99 Å². The van der Waals surface area contributed by atoms with Crippen molar-refractivity contribution in [2.45, 2.75) is 0 Å². The van der Waals surface area contributed by atoms with Crippen LogP contribution in [0.1, 0.15) is 5.69 Å². The van der Waals surface area contributed by atoms with Crippen molar-refractivity contribution in [2.24, 2.45) is 5.73 Å². The molecule has 0 amide bonds. The minimum atomic E-state index is -0.470. The Labute approximate surface area is 116 Å². The summed E-state index contributed by atoms with van der Waals surface area (Å²) in [7, 11) is 0. The molecule has 0 saturated heterocycles. The molecule has 3 N–H and O–H groups in total. The molecular weight excluding hydrogens is 282 g/mol. The van der Waals surface area contributed by atoms with Gasteiger partial charge in [-0.15, -0.1) is 0 Å². The van der Waals surface area contributed by atoms with E-state index in [2.05, 4.69) is 15.1 Å². The third kappa shape index (κ3) is 1.40. The van der Waals surface area contributed by atoms with Crippen LogP contribution in [-0.4, -0.2) is 31.4 Å². The Kier molecular flexibility index (Phi) is 2.05. The molecule has 0 unspecified atom stereocenters. The fraction of sp³-hybridized carbons (Fsp3) is 0.0909. The lowest BCUT2D eigenvalue weighted by molar-refractivity contribution is 0.174. The van der Waals surface area contributed by atoms with E-state index in [1.807, 2.05) is 0 Å². The zero-order chi connectivity index (χ0) is 13.9. The van der Waals surface area contributed by atoms with Gasteiger partial charge in [0.2, 0.25) is 6.79 Å². The third-order valence-electron chi connectivity index (χ3n) is 3.00. The molecule has 4 rings (SSSR count). The summed E-state index contributed by atoms with van der Waals surface area (Å²) >= 11 is 4.78. The molecule has 0 atom stereocenters. The monoisotopic (exact) mass is 289 g/mol. The number of H-pyrrole nitrogens is 1. The lowest BCUT2D eigenvalue weighted by atomic mass is 10.3. The molecule has 20 heavy (non-hydrogen) atoms. The zero-order valence-corrected chi connectivity index (χ0v) is 10.7. The molecule has 1 aromatic carbocycles. The van der Waals surface area contributed by atoms with E-state index in [0.29, 0.717) is 28.3 Å². The number of thiocarbonyl (C=S) groups is 1. The molecule has 3 heterocycles. The van der Waals surface area contributed by atoms with Gasteiger partial charge in [0, 0.05) is 12.1 Å². The van der Waals surface area contributed by atoms with Crippen molar-refractivity contribution >= 4 is 34.0 Å². The summed E-state index contributed by atoms with van der Waals surface area (Å²) in [5.41, 5.74) is 6.25. The molecule has 0 bridgehead atoms. The normalized spacial score (nSPS) is 13.2. The molecule has 1 aliphatic rings. The Hall–Kier alpha value is -2.68. The second kappa shape index (κ2) is 3.67. The SMILES string of the molecule is NC(=S)c1nc2nc3cc4c(cc3n2[nH]c1=O)OCO4. The first-order chi connectivity index (χ1) is 9.63. The van der Waals surface area contributed by atoms with Crippen LogP contribution >= 0.6 is 12.2 Å². The van der Waals surface area contributed by atoms with Crippen LogP contribution in [0, 0.1) is 0 Å². The second-order valence-corrected chi connectivity index (χ2v) is 4.65. The quantitative estimate of drug-likeness (QED) is 0.604. The smallest absolute Gasteiger partial charge is 0.291 e. The maximum absolute atomic E-state index is 11.9. The number of benzene rings is 1. The summed E-state index contributed by atoms with van der Waals surface area (Å²) in [6, 6.07) is 3.46. The van der Waals surface area contributed by atoms with Gasteiger partial charge in [-0.05, 0) is 0 Å². The number of ether oxygens (including phenoxy) is 2. The number of nitrogens with two attached hydrogens (primary N) is 1. The van der Waals surface area contributed by atoms with Gasteiger partial charge >= 0.3 is 0 Å². The van der Waals surface area contributed by atoms with Crippen molar-refractivity contribution in [1.82, 2.24) is 19.6 Å². The molecule has 0 spiro atoms. The highest BCUT2D eigenvalue weighted by Crippen LogP contribution is 2.35. The summed E-state index contributed by atoms with van der Waals surface area (Å²) in [4.78, 5) is 20.2. The van der Waals surface area contributed by atoms with Gasteiger partial charge in [-0.25, -0.2) is 14.5 Å². The van der Waals surface area contributed by atoms with Crippen LogP contribution in [0.4, 0.5) is 0 Å². The van der Waals surface area contributed by atoms with Gasteiger partial charge in [-0.1, -0.05) is 12.2 Å². The average Bonchev–Trinajstić information content (AvgIpc) is 2.98. The fourth-order valence-corrected chi connectivity index (χ4v) is 2.25. The third-order valence-corrected chi connectivity index (χ3v) is 3.20. The van der Waals surface area contributed by atoms with E-state index in [1.165, 1.54) is 4.52 Å². The Bertz CT molecular complexity index is 945. The number of imidazole rings is 1. The van der Waals surface area contributed by atoms with E-state index in [4.69, 9.17) is 27.4 Å². The molecule has 100 valence electrons. The summed E-state index contributed by atoms with van der Waals surface area (Å²) in [5, 5.41) is 2.63. The molecule has 0 aliphatic carbocycles. The Balaban J connectivity index is 2.11. The zero-order valence-electron chi connectivity index (χ0n) is 9.91. The molecule has 9 heteroatoms. The van der Waals surface area contributed by atoms with Crippen molar-refractivity contribution < 1.29 is 9.47 Å². The van der Waals surface area contributed by atoms with Gasteiger partial charge in [0.25, 0.3) is 11.3 Å². The van der Waals surface area contributed by atoms with E-state index in [-0.39, 0.29) is 17.5 Å². The topological polar surface area (TPSA) is 108 Å². The maximum atomic E-state index is 11.9. The highest BCUT2D eigenvalue weighted by molar-refractivity contribution is 7.80. The van der Waals surface area contributed by atoms with E-state index in [1.54, 1.807) is 12.1 Å². The number of aromatic amines is 1. The van der Waals surface area contributed by atoms with Crippen molar-refractivity contribution in [3.05, 3.63) is 28.2 Å². The van der Waals surface area contributed by atoms with Crippen LogP contribution in [0.5, 0.6) is 11.5 Å². The summed E-state index contributed by atoms with van der Waals surface area (Å²) in [6.45, 7) is 0.172. The predicted octanol–water partition coefficient (Wildman–Crippen LogP) is -0.0663. The number of hydrogen-bond acceptors (Lipinski definition) is 6. The van der Waals surface area contributed by atoms with E-state index >= 15 is 0 Å². The van der Waals surface area contributed by atoms with Gasteiger partial charge in [-0.3, -0.25) is 9.89 Å². The van der Waals surface area contributed by atoms with E-state index < -0.39 is 5.56 Å². The molecular formula is C11H7N5O3S. The van der Waals surface area contributed by atoms with Crippen LogP contribution in [-0.2, 0) is 0 Å². The first kappa shape index (κ1) is 11.2. The second-order valence-electron chi connectivity index (χ2n) is 4.21. The van der Waals surface area contributed by atoms with Crippen molar-refractivity contribution in [3.63, 3.8) is 0 Å². The number of aromatic nitrogens is 4. The van der Waals surface area contributed by atoms with Gasteiger partial charge in [-0.2, -0.15) is 0 Å². The lowest BCUT2D eigenvalue weighted by Crippen LogP contribution is -2.26. The van der Waals surface area contributed by atoms with Crippen LogP contribution in [0.3, 0.4) is 0 Å². The molecule has 0 radical (unpaired) electrons. The maximum Gasteiger partial charge on any atom is 0.291 e. The Morgan fingerprint density at radius 3 is 2.85 bits per heavy atom. The lowest BCUT2D eigenvalue weighted by Gasteiger charge is -1.99. The minimum Gasteiger partial charge on any atom is -0.454 e. The summed E-state index contributed by atoms with van der Waals surface area (Å²) in [6.07, 6.45) is 0. The summed E-state index contributed by atoms with van der Waals surface area (Å²) in [5.74, 6) is 1.50. The molecule has 2 aromatic heterocycles. The molecule has 0 saturated carbocycles. The Morgan fingerprint density at radius 2 is 2.10 bits per heavy atom. The average molecular weight is 289 g/mol. The number of nitrogens with zero attached hydrogens (tertiary/aromatic N) is 3. The van der Waals surface area contributed by atoms with Crippen LogP contribution < -0.4 is 20.8 Å². The first-order valence-electron chi connectivity index (χ1n) is 5.65. The fourth-order valence-electron chi connectivity index (χ4n) is 2.11. The predicted molar refractivity (Wildman–Crippen MR) is 73.1 cm³/mol. The van der Waals surface area contributed by atoms with Crippen LogP contribution in [0.15, 0.2) is 16.9 Å². The van der Waals surface area contributed by atoms with Crippen molar-refractivity contribution in [3.8, 4) is 11.5 Å². The number of hydrogen-bond donors (Lipinski definition) is 2. The standard InChI is InChI=1S/C11H7N5O3S/c12-9(20)8-10(17)15-16-5-2-7-6(18-3-19-7)1-4(5)13-11(16)14-8/h1-2H,3H2,(H2,12,20)(H,15,17). The van der Waals surface area contributed by atoms with Crippen molar-refractivity contribution in [2.75, 3.05) is 6.79 Å². The van der Waals surface area contributed by atoms with Gasteiger partial charge in [0.05, 0.1) is 11.0 Å². The highest BCUT2D eigenvalue weighted by Gasteiger charge is 2.18. The number of fused-ring (bicyclic) bond motifs is 4. The highest BCUT2D eigenvalue weighted by atomic mass is 32.1. The van der Waals surface area contributed by atoms with Crippen molar-refractivity contribution in [1.29, 1.82) is 0 Å². The first-order valence-corrected chi connectivity index (χ1v) is 6.06. The number of rotatable bonds is 1. The molecule has 1 aliphatic heterocycles. The molecule has 8 nitrogen and oxygen atoms in total. The van der Waals surface area contributed by atoms with Gasteiger partial charge in [0.15, 0.2) is 17.2 Å². The van der Waals surface area contributed by atoms with Gasteiger partial charge < -0.3 is 15.2 Å². The molecule has 0 fully saturated rings. The van der Waals surface area contributed by atoms with E-state index in [9.17, 15) is 4.79 Å². The molecule has 3 aromatic rings.